The Balaban J connectivity index is 2.80. The molecule has 1 aromatic heterocycles. The van der Waals surface area contributed by atoms with Gasteiger partial charge in [-0.15, -0.1) is 0 Å². The van der Waals surface area contributed by atoms with E-state index in [4.69, 9.17) is 4.74 Å². The van der Waals surface area contributed by atoms with E-state index in [0.717, 1.165) is 6.42 Å². The van der Waals surface area contributed by atoms with Crippen LogP contribution in [0.2, 0.25) is 0 Å². The van der Waals surface area contributed by atoms with Crippen LogP contribution in [0, 0.1) is 0 Å². The zero-order valence-corrected chi connectivity index (χ0v) is 10.2. The van der Waals surface area contributed by atoms with Crippen LogP contribution in [-0.2, 0) is 9.53 Å². The first-order valence-electron chi connectivity index (χ1n) is 5.44. The average Bonchev–Trinajstić information content (AvgIpc) is 2.81. The van der Waals surface area contributed by atoms with Crippen molar-refractivity contribution in [3.8, 4) is 0 Å². The predicted octanol–water partition coefficient (Wildman–Crippen LogP) is 0.871. The molecule has 0 saturated heterocycles. The summed E-state index contributed by atoms with van der Waals surface area (Å²) < 4.78 is 4.71. The van der Waals surface area contributed by atoms with E-state index in [1.54, 1.807) is 13.0 Å². The second kappa shape index (κ2) is 5.47. The molecule has 6 heteroatoms. The highest BCUT2D eigenvalue weighted by atomic mass is 16.5. The number of hydrogen-bond donors (Lipinski definition) is 2. The number of amides is 1. The Morgan fingerprint density at radius 3 is 2.76 bits per heavy atom. The molecule has 0 fully saturated rings. The molecule has 0 aromatic carbocycles. The molecular weight excluding hydrogens is 222 g/mol. The maximum absolute atomic E-state index is 11.8. The minimum absolute atomic E-state index is 0.316. The van der Waals surface area contributed by atoms with E-state index < -0.39 is 11.5 Å². The van der Waals surface area contributed by atoms with Crippen LogP contribution in [0.4, 0.5) is 0 Å². The van der Waals surface area contributed by atoms with Crippen LogP contribution in [-0.4, -0.2) is 34.7 Å². The Labute approximate surface area is 99.7 Å². The molecule has 0 aliphatic rings. The number of carbonyl (C=O) groups is 2. The monoisotopic (exact) mass is 239 g/mol. The van der Waals surface area contributed by atoms with Gasteiger partial charge in [-0.2, -0.15) is 5.10 Å². The molecular formula is C11H17N3O3. The molecule has 1 heterocycles. The quantitative estimate of drug-likeness (QED) is 0.747. The van der Waals surface area contributed by atoms with E-state index >= 15 is 0 Å². The summed E-state index contributed by atoms with van der Waals surface area (Å²) in [4.78, 5) is 23.5. The standard InChI is InChI=1S/C11H17N3O3/c1-4-6-11(2,10(16)17-3)13-9(15)8-5-7-12-14-8/h5,7H,4,6H2,1-3H3,(H,12,14)(H,13,15). The largest absolute Gasteiger partial charge is 0.467 e. The van der Waals surface area contributed by atoms with Crippen molar-refractivity contribution >= 4 is 11.9 Å². The summed E-state index contributed by atoms with van der Waals surface area (Å²) in [7, 11) is 1.30. The van der Waals surface area contributed by atoms with E-state index in [1.165, 1.54) is 13.3 Å². The molecule has 1 amide bonds. The third-order valence-corrected chi connectivity index (χ3v) is 2.52. The van der Waals surface area contributed by atoms with Gasteiger partial charge in [-0.25, -0.2) is 4.79 Å². The molecule has 1 unspecified atom stereocenters. The number of nitrogens with zero attached hydrogens (tertiary/aromatic N) is 1. The van der Waals surface area contributed by atoms with Gasteiger partial charge in [-0.05, 0) is 19.4 Å². The minimum atomic E-state index is -1.01. The fraction of sp³-hybridized carbons (Fsp3) is 0.545. The van der Waals surface area contributed by atoms with Crippen molar-refractivity contribution in [2.24, 2.45) is 0 Å². The van der Waals surface area contributed by atoms with Gasteiger partial charge in [0.25, 0.3) is 5.91 Å². The average molecular weight is 239 g/mol. The molecule has 0 aliphatic carbocycles. The lowest BCUT2D eigenvalue weighted by molar-refractivity contribution is -0.147. The highest BCUT2D eigenvalue weighted by Crippen LogP contribution is 2.15. The molecule has 0 aliphatic heterocycles. The molecule has 94 valence electrons. The summed E-state index contributed by atoms with van der Waals surface area (Å²) in [5.74, 6) is -0.823. The summed E-state index contributed by atoms with van der Waals surface area (Å²) in [5.41, 5.74) is -0.692. The number of esters is 1. The number of hydrogen-bond acceptors (Lipinski definition) is 4. The van der Waals surface area contributed by atoms with Crippen LogP contribution in [0.1, 0.15) is 37.2 Å². The van der Waals surface area contributed by atoms with Crippen molar-refractivity contribution in [3.63, 3.8) is 0 Å². The fourth-order valence-electron chi connectivity index (χ4n) is 1.64. The van der Waals surface area contributed by atoms with Crippen molar-refractivity contribution in [3.05, 3.63) is 18.0 Å². The van der Waals surface area contributed by atoms with Gasteiger partial charge in [0, 0.05) is 6.20 Å². The summed E-state index contributed by atoms with van der Waals surface area (Å²) in [6.07, 6.45) is 2.75. The Bertz CT molecular complexity index is 389. The van der Waals surface area contributed by atoms with Crippen LogP contribution in [0.5, 0.6) is 0 Å². The van der Waals surface area contributed by atoms with Crippen LogP contribution in [0.15, 0.2) is 12.3 Å². The normalized spacial score (nSPS) is 13.8. The number of H-pyrrole nitrogens is 1. The smallest absolute Gasteiger partial charge is 0.331 e. The van der Waals surface area contributed by atoms with Crippen molar-refractivity contribution in [1.82, 2.24) is 15.5 Å². The van der Waals surface area contributed by atoms with Crippen LogP contribution < -0.4 is 5.32 Å². The maximum atomic E-state index is 11.8. The molecule has 0 spiro atoms. The summed E-state index contributed by atoms with van der Waals surface area (Å²) in [6.45, 7) is 3.58. The molecule has 17 heavy (non-hydrogen) atoms. The number of nitrogens with one attached hydrogen (secondary N) is 2. The molecule has 2 N–H and O–H groups in total. The summed E-state index contributed by atoms with van der Waals surface area (Å²) in [6, 6.07) is 1.54. The first-order chi connectivity index (χ1) is 8.03. The number of aromatic amines is 1. The lowest BCUT2D eigenvalue weighted by Gasteiger charge is -2.27. The first-order valence-corrected chi connectivity index (χ1v) is 5.44. The van der Waals surface area contributed by atoms with E-state index in [9.17, 15) is 9.59 Å². The highest BCUT2D eigenvalue weighted by molar-refractivity contribution is 5.96. The lowest BCUT2D eigenvalue weighted by atomic mass is 9.96. The zero-order valence-electron chi connectivity index (χ0n) is 10.2. The number of rotatable bonds is 5. The van der Waals surface area contributed by atoms with Gasteiger partial charge in [0.15, 0.2) is 0 Å². The Morgan fingerprint density at radius 1 is 1.59 bits per heavy atom. The third kappa shape index (κ3) is 3.05. The van der Waals surface area contributed by atoms with E-state index in [-0.39, 0.29) is 5.91 Å². The maximum Gasteiger partial charge on any atom is 0.331 e. The molecule has 1 atom stereocenters. The Hall–Kier alpha value is -1.85. The molecule has 1 rings (SSSR count). The SMILES string of the molecule is CCCC(C)(NC(=O)c1ccn[nH]1)C(=O)OC. The van der Waals surface area contributed by atoms with Crippen molar-refractivity contribution < 1.29 is 14.3 Å². The number of ether oxygens (including phenoxy) is 1. The van der Waals surface area contributed by atoms with Crippen molar-refractivity contribution in [2.75, 3.05) is 7.11 Å². The van der Waals surface area contributed by atoms with E-state index in [2.05, 4.69) is 15.5 Å². The van der Waals surface area contributed by atoms with Crippen molar-refractivity contribution in [1.29, 1.82) is 0 Å². The molecule has 0 radical (unpaired) electrons. The number of methoxy groups -OCH3 is 1. The Kier molecular flexibility index (Phi) is 4.25. The number of carbonyl (C=O) groups excluding carboxylic acids is 2. The van der Waals surface area contributed by atoms with Crippen LogP contribution >= 0.6 is 0 Å². The van der Waals surface area contributed by atoms with Gasteiger partial charge in [0.2, 0.25) is 0 Å². The minimum Gasteiger partial charge on any atom is -0.467 e. The molecule has 1 aromatic rings. The number of aromatic nitrogens is 2. The van der Waals surface area contributed by atoms with E-state index in [1.807, 2.05) is 6.92 Å². The molecule has 0 bridgehead atoms. The van der Waals surface area contributed by atoms with Gasteiger partial charge < -0.3 is 10.1 Å². The van der Waals surface area contributed by atoms with Gasteiger partial charge in [-0.1, -0.05) is 13.3 Å². The van der Waals surface area contributed by atoms with Gasteiger partial charge in [-0.3, -0.25) is 9.89 Å². The highest BCUT2D eigenvalue weighted by Gasteiger charge is 2.35. The van der Waals surface area contributed by atoms with Crippen LogP contribution in [0.25, 0.3) is 0 Å². The predicted molar refractivity (Wildman–Crippen MR) is 61.4 cm³/mol. The van der Waals surface area contributed by atoms with Gasteiger partial charge >= 0.3 is 5.97 Å². The second-order valence-electron chi connectivity index (χ2n) is 4.00. The van der Waals surface area contributed by atoms with Crippen molar-refractivity contribution in [2.45, 2.75) is 32.2 Å². The summed E-state index contributed by atoms with van der Waals surface area (Å²) in [5, 5.41) is 8.89. The van der Waals surface area contributed by atoms with Crippen LogP contribution in [0.3, 0.4) is 0 Å². The molecule has 0 saturated carbocycles. The summed E-state index contributed by atoms with van der Waals surface area (Å²) >= 11 is 0. The van der Waals surface area contributed by atoms with Gasteiger partial charge in [0.1, 0.15) is 11.2 Å². The fourth-order valence-corrected chi connectivity index (χ4v) is 1.64. The first kappa shape index (κ1) is 13.2. The Morgan fingerprint density at radius 2 is 2.29 bits per heavy atom. The lowest BCUT2D eigenvalue weighted by Crippen LogP contribution is -2.52. The van der Waals surface area contributed by atoms with Gasteiger partial charge in [0.05, 0.1) is 7.11 Å². The topological polar surface area (TPSA) is 84.1 Å². The van der Waals surface area contributed by atoms with E-state index in [0.29, 0.717) is 12.1 Å². The molecule has 6 nitrogen and oxygen atoms in total. The zero-order chi connectivity index (χ0) is 12.9. The third-order valence-electron chi connectivity index (χ3n) is 2.52. The second-order valence-corrected chi connectivity index (χ2v) is 4.00.